The van der Waals surface area contributed by atoms with Crippen LogP contribution in [0.3, 0.4) is 0 Å². The van der Waals surface area contributed by atoms with Crippen LogP contribution >= 0.6 is 0 Å². The SMILES string of the molecule is CC(=N)[C@@H](C#N)C(=O)COC(=O)[C@H](C)Oc1ccc(C(C)(C)C)cc1. The molecule has 1 aromatic rings. The van der Waals surface area contributed by atoms with E-state index in [-0.39, 0.29) is 11.1 Å². The van der Waals surface area contributed by atoms with Crippen LogP contribution in [0.2, 0.25) is 0 Å². The fraction of sp³-hybridized carbons (Fsp3) is 0.474. The van der Waals surface area contributed by atoms with Crippen molar-refractivity contribution in [1.82, 2.24) is 0 Å². The molecule has 0 saturated carbocycles. The van der Waals surface area contributed by atoms with Crippen molar-refractivity contribution in [2.24, 2.45) is 5.92 Å². The van der Waals surface area contributed by atoms with Gasteiger partial charge < -0.3 is 14.9 Å². The predicted octanol–water partition coefficient (Wildman–Crippen LogP) is 3.04. The highest BCUT2D eigenvalue weighted by atomic mass is 16.6. The number of carbonyl (C=O) groups excluding carboxylic acids is 2. The summed E-state index contributed by atoms with van der Waals surface area (Å²) in [5, 5.41) is 16.2. The van der Waals surface area contributed by atoms with E-state index in [1.54, 1.807) is 18.2 Å². The zero-order chi connectivity index (χ0) is 19.2. The van der Waals surface area contributed by atoms with Crippen molar-refractivity contribution in [3.8, 4) is 11.8 Å². The molecular weight excluding hydrogens is 320 g/mol. The lowest BCUT2D eigenvalue weighted by Gasteiger charge is -2.20. The molecule has 0 aromatic heterocycles. The number of Topliss-reactive ketones (excluding diaryl/α,β-unsaturated/α-hetero) is 1. The Morgan fingerprint density at radius 2 is 1.80 bits per heavy atom. The van der Waals surface area contributed by atoms with Crippen LogP contribution in [0.25, 0.3) is 0 Å². The molecule has 134 valence electrons. The quantitative estimate of drug-likeness (QED) is 0.605. The molecule has 25 heavy (non-hydrogen) atoms. The van der Waals surface area contributed by atoms with E-state index in [4.69, 9.17) is 20.1 Å². The number of hydrogen-bond acceptors (Lipinski definition) is 6. The summed E-state index contributed by atoms with van der Waals surface area (Å²) in [4.78, 5) is 23.7. The average Bonchev–Trinajstić information content (AvgIpc) is 2.52. The van der Waals surface area contributed by atoms with Crippen molar-refractivity contribution in [3.63, 3.8) is 0 Å². The fourth-order valence-electron chi connectivity index (χ4n) is 2.04. The van der Waals surface area contributed by atoms with Gasteiger partial charge in [-0.2, -0.15) is 5.26 Å². The molecule has 2 atom stereocenters. The Kier molecular flexibility index (Phi) is 6.86. The summed E-state index contributed by atoms with van der Waals surface area (Å²) in [6.45, 7) is 8.64. The lowest BCUT2D eigenvalue weighted by atomic mass is 9.87. The molecule has 0 fully saturated rings. The fourth-order valence-corrected chi connectivity index (χ4v) is 2.04. The van der Waals surface area contributed by atoms with E-state index < -0.39 is 30.4 Å². The minimum Gasteiger partial charge on any atom is -0.479 e. The number of carbonyl (C=O) groups is 2. The summed E-state index contributed by atoms with van der Waals surface area (Å²) >= 11 is 0. The van der Waals surface area contributed by atoms with Gasteiger partial charge in [0.1, 0.15) is 11.7 Å². The van der Waals surface area contributed by atoms with Crippen LogP contribution in [0.4, 0.5) is 0 Å². The first-order valence-corrected chi connectivity index (χ1v) is 7.97. The zero-order valence-corrected chi connectivity index (χ0v) is 15.3. The van der Waals surface area contributed by atoms with Crippen molar-refractivity contribution in [1.29, 1.82) is 10.7 Å². The number of nitrogens with one attached hydrogen (secondary N) is 1. The summed E-state index contributed by atoms with van der Waals surface area (Å²) in [6, 6.07) is 9.13. The Bertz CT molecular complexity index is 681. The molecule has 0 aliphatic carbocycles. The van der Waals surface area contributed by atoms with Gasteiger partial charge in [0.25, 0.3) is 0 Å². The van der Waals surface area contributed by atoms with Gasteiger partial charge in [0.2, 0.25) is 0 Å². The van der Waals surface area contributed by atoms with Crippen molar-refractivity contribution in [2.75, 3.05) is 6.61 Å². The molecule has 6 nitrogen and oxygen atoms in total. The molecule has 0 spiro atoms. The van der Waals surface area contributed by atoms with Crippen molar-refractivity contribution >= 4 is 17.5 Å². The molecule has 1 aromatic carbocycles. The minimum absolute atomic E-state index is 0.0215. The van der Waals surface area contributed by atoms with E-state index in [0.29, 0.717) is 5.75 Å². The minimum atomic E-state index is -1.19. The van der Waals surface area contributed by atoms with Gasteiger partial charge in [-0.25, -0.2) is 4.79 Å². The van der Waals surface area contributed by atoms with Crippen molar-refractivity contribution in [3.05, 3.63) is 29.8 Å². The Morgan fingerprint density at radius 1 is 1.24 bits per heavy atom. The first-order chi connectivity index (χ1) is 11.6. The number of nitriles is 1. The van der Waals surface area contributed by atoms with Crippen LogP contribution in [0, 0.1) is 22.7 Å². The maximum atomic E-state index is 11.9. The van der Waals surface area contributed by atoms with E-state index in [1.807, 2.05) is 12.1 Å². The summed E-state index contributed by atoms with van der Waals surface area (Å²) in [7, 11) is 0. The maximum Gasteiger partial charge on any atom is 0.347 e. The first-order valence-electron chi connectivity index (χ1n) is 7.97. The second-order valence-corrected chi connectivity index (χ2v) is 6.85. The Morgan fingerprint density at radius 3 is 2.24 bits per heavy atom. The summed E-state index contributed by atoms with van der Waals surface area (Å²) in [5.74, 6) is -1.99. The zero-order valence-electron chi connectivity index (χ0n) is 15.3. The number of nitrogens with zero attached hydrogens (tertiary/aromatic N) is 1. The van der Waals surface area contributed by atoms with E-state index in [1.165, 1.54) is 13.8 Å². The molecule has 0 bridgehead atoms. The second-order valence-electron chi connectivity index (χ2n) is 6.85. The molecule has 6 heteroatoms. The average molecular weight is 344 g/mol. The third kappa shape index (κ3) is 6.03. The maximum absolute atomic E-state index is 11.9. The highest BCUT2D eigenvalue weighted by molar-refractivity contribution is 6.06. The van der Waals surface area contributed by atoms with Gasteiger partial charge in [-0.15, -0.1) is 0 Å². The van der Waals surface area contributed by atoms with Crippen LogP contribution in [-0.4, -0.2) is 30.2 Å². The largest absolute Gasteiger partial charge is 0.479 e. The molecule has 1 rings (SSSR count). The van der Waals surface area contributed by atoms with Crippen molar-refractivity contribution < 1.29 is 19.1 Å². The third-order valence-electron chi connectivity index (χ3n) is 3.61. The van der Waals surface area contributed by atoms with Crippen LogP contribution < -0.4 is 4.74 Å². The standard InChI is InChI=1S/C19H24N2O4/c1-12(21)16(10-20)17(22)11-24-18(23)13(2)25-15-8-6-14(7-9-15)19(3,4)5/h6-9,13,16,21H,11H2,1-5H3/t13-,16+/m0/s1. The molecule has 0 amide bonds. The number of ketones is 1. The van der Waals surface area contributed by atoms with Crippen LogP contribution in [0.15, 0.2) is 24.3 Å². The number of esters is 1. The molecule has 0 unspecified atom stereocenters. The lowest BCUT2D eigenvalue weighted by molar-refractivity contribution is -0.154. The molecule has 0 aliphatic rings. The van der Waals surface area contributed by atoms with Crippen molar-refractivity contribution in [2.45, 2.75) is 46.1 Å². The molecule has 0 heterocycles. The number of hydrogen-bond donors (Lipinski definition) is 1. The van der Waals surface area contributed by atoms with Crippen LogP contribution in [0.5, 0.6) is 5.75 Å². The summed E-state index contributed by atoms with van der Waals surface area (Å²) < 4.78 is 10.4. The van der Waals surface area contributed by atoms with Gasteiger partial charge in [-0.1, -0.05) is 32.9 Å². The Balaban J connectivity index is 2.59. The van der Waals surface area contributed by atoms with E-state index in [0.717, 1.165) is 5.56 Å². The number of ether oxygens (including phenoxy) is 2. The third-order valence-corrected chi connectivity index (χ3v) is 3.61. The van der Waals surface area contributed by atoms with E-state index >= 15 is 0 Å². The summed E-state index contributed by atoms with van der Waals surface area (Å²) in [5.41, 5.74) is 1.09. The highest BCUT2D eigenvalue weighted by Crippen LogP contribution is 2.24. The topological polar surface area (TPSA) is 100 Å². The predicted molar refractivity (Wildman–Crippen MR) is 93.7 cm³/mol. The molecule has 0 aliphatic heterocycles. The van der Waals surface area contributed by atoms with Gasteiger partial charge in [-0.05, 0) is 37.0 Å². The molecule has 1 N–H and O–H groups in total. The molecular formula is C19H24N2O4. The molecule has 0 radical (unpaired) electrons. The summed E-state index contributed by atoms with van der Waals surface area (Å²) in [6.07, 6.45) is -0.894. The lowest BCUT2D eigenvalue weighted by Crippen LogP contribution is -2.31. The normalized spacial score (nSPS) is 13.3. The monoisotopic (exact) mass is 344 g/mol. The van der Waals surface area contributed by atoms with Crippen LogP contribution in [-0.2, 0) is 19.7 Å². The smallest absolute Gasteiger partial charge is 0.347 e. The van der Waals surface area contributed by atoms with Gasteiger partial charge in [0.05, 0.1) is 6.07 Å². The number of rotatable bonds is 7. The molecule has 0 saturated heterocycles. The van der Waals surface area contributed by atoms with Gasteiger partial charge in [0.15, 0.2) is 18.5 Å². The second kappa shape index (κ2) is 8.43. The number of benzene rings is 1. The highest BCUT2D eigenvalue weighted by Gasteiger charge is 2.24. The van der Waals surface area contributed by atoms with Gasteiger partial charge >= 0.3 is 5.97 Å². The van der Waals surface area contributed by atoms with Gasteiger partial charge in [0, 0.05) is 5.71 Å². The van der Waals surface area contributed by atoms with Crippen LogP contribution in [0.1, 0.15) is 40.2 Å². The Hall–Kier alpha value is -2.68. The first kappa shape index (κ1) is 20.4. The Labute approximate surface area is 148 Å². The van der Waals surface area contributed by atoms with E-state index in [2.05, 4.69) is 20.8 Å². The van der Waals surface area contributed by atoms with E-state index in [9.17, 15) is 9.59 Å². The van der Waals surface area contributed by atoms with Gasteiger partial charge in [-0.3, -0.25) is 4.79 Å².